The van der Waals surface area contributed by atoms with Gasteiger partial charge in [0.15, 0.2) is 0 Å². The van der Waals surface area contributed by atoms with Gasteiger partial charge in [-0.1, -0.05) is 13.0 Å². The summed E-state index contributed by atoms with van der Waals surface area (Å²) >= 11 is 0. The molecule has 138 valence electrons. The Kier molecular flexibility index (Phi) is 6.61. The number of nitrogens with one attached hydrogen (secondary N) is 1. The number of amides is 1. The highest BCUT2D eigenvalue weighted by atomic mass is 32.2. The maximum atomic E-state index is 12.4. The van der Waals surface area contributed by atoms with E-state index in [2.05, 4.69) is 11.6 Å². The molecular weight excluding hydrogens is 340 g/mol. The van der Waals surface area contributed by atoms with E-state index in [1.165, 1.54) is 39.1 Å². The van der Waals surface area contributed by atoms with Gasteiger partial charge in [-0.2, -0.15) is 0 Å². The molecular formula is C18H26N2O4S. The summed E-state index contributed by atoms with van der Waals surface area (Å²) in [6, 6.07) is 4.81. The van der Waals surface area contributed by atoms with Crippen LogP contribution < -0.4 is 9.46 Å². The van der Waals surface area contributed by atoms with Crippen LogP contribution in [0.5, 0.6) is 5.75 Å². The molecule has 6 nitrogen and oxygen atoms in total. The zero-order chi connectivity index (χ0) is 18.4. The van der Waals surface area contributed by atoms with Gasteiger partial charge in [0, 0.05) is 19.2 Å². The monoisotopic (exact) mass is 366 g/mol. The SMILES string of the molecule is CCCN(CC1CC1)C(=O)/C=C/c1ccc(OC)c(S(=O)(=O)NC)c1. The highest BCUT2D eigenvalue weighted by Gasteiger charge is 2.25. The molecule has 1 fully saturated rings. The lowest BCUT2D eigenvalue weighted by molar-refractivity contribution is -0.126. The van der Waals surface area contributed by atoms with Gasteiger partial charge >= 0.3 is 0 Å². The van der Waals surface area contributed by atoms with Crippen molar-refractivity contribution in [3.63, 3.8) is 0 Å². The molecule has 0 atom stereocenters. The molecule has 0 radical (unpaired) electrons. The molecule has 25 heavy (non-hydrogen) atoms. The lowest BCUT2D eigenvalue weighted by atomic mass is 10.2. The van der Waals surface area contributed by atoms with Crippen molar-refractivity contribution >= 4 is 22.0 Å². The van der Waals surface area contributed by atoms with E-state index in [0.717, 1.165) is 19.5 Å². The third-order valence-corrected chi connectivity index (χ3v) is 5.58. The normalized spacial score (nSPS) is 14.7. The molecule has 0 aliphatic heterocycles. The standard InChI is InChI=1S/C18H26N2O4S/c1-4-11-20(13-15-5-6-15)18(21)10-8-14-7-9-16(24-3)17(12-14)25(22,23)19-2/h7-10,12,15,19H,4-6,11,13H2,1-3H3/b10-8+. The van der Waals surface area contributed by atoms with Crippen molar-refractivity contribution in [2.75, 3.05) is 27.2 Å². The van der Waals surface area contributed by atoms with Crippen molar-refractivity contribution in [1.29, 1.82) is 0 Å². The number of sulfonamides is 1. The fourth-order valence-electron chi connectivity index (χ4n) is 2.56. The van der Waals surface area contributed by atoms with Gasteiger partial charge in [-0.3, -0.25) is 4.79 Å². The molecule has 1 amide bonds. The lowest BCUT2D eigenvalue weighted by Crippen LogP contribution is -2.32. The number of carbonyl (C=O) groups is 1. The number of ether oxygens (including phenoxy) is 1. The number of rotatable bonds is 9. The van der Waals surface area contributed by atoms with Crippen molar-refractivity contribution in [2.24, 2.45) is 5.92 Å². The van der Waals surface area contributed by atoms with Crippen LogP contribution in [0.4, 0.5) is 0 Å². The molecule has 0 spiro atoms. The van der Waals surface area contributed by atoms with Gasteiger partial charge in [-0.05, 0) is 56.0 Å². The summed E-state index contributed by atoms with van der Waals surface area (Å²) < 4.78 is 31.6. The summed E-state index contributed by atoms with van der Waals surface area (Å²) in [5.74, 6) is 0.860. The minimum Gasteiger partial charge on any atom is -0.495 e. The van der Waals surface area contributed by atoms with E-state index in [1.54, 1.807) is 18.2 Å². The second-order valence-electron chi connectivity index (χ2n) is 6.18. The summed E-state index contributed by atoms with van der Waals surface area (Å²) in [5, 5.41) is 0. The van der Waals surface area contributed by atoms with Crippen molar-refractivity contribution in [1.82, 2.24) is 9.62 Å². The summed E-state index contributed by atoms with van der Waals surface area (Å²) in [7, 11) is -0.870. The van der Waals surface area contributed by atoms with Crippen molar-refractivity contribution in [2.45, 2.75) is 31.1 Å². The van der Waals surface area contributed by atoms with E-state index in [0.29, 0.717) is 11.5 Å². The van der Waals surface area contributed by atoms with Crippen LogP contribution in [0.15, 0.2) is 29.2 Å². The molecule has 0 heterocycles. The fourth-order valence-corrected chi connectivity index (χ4v) is 3.49. The predicted octanol–water partition coefficient (Wildman–Crippen LogP) is 2.27. The van der Waals surface area contributed by atoms with E-state index in [1.807, 2.05) is 4.90 Å². The Labute approximate surface area is 149 Å². The van der Waals surface area contributed by atoms with E-state index in [4.69, 9.17) is 4.74 Å². The smallest absolute Gasteiger partial charge is 0.246 e. The van der Waals surface area contributed by atoms with Crippen molar-refractivity contribution in [3.05, 3.63) is 29.8 Å². The third kappa shape index (κ3) is 5.31. The minimum absolute atomic E-state index is 0.0393. The van der Waals surface area contributed by atoms with Gasteiger partial charge in [0.1, 0.15) is 10.6 Å². The molecule has 1 aromatic rings. The Balaban J connectivity index is 2.19. The summed E-state index contributed by atoms with van der Waals surface area (Å²) in [5.41, 5.74) is 0.630. The lowest BCUT2D eigenvalue weighted by Gasteiger charge is -2.20. The first kappa shape index (κ1) is 19.5. The van der Waals surface area contributed by atoms with Crippen LogP contribution in [0.3, 0.4) is 0 Å². The predicted molar refractivity (Wildman–Crippen MR) is 97.9 cm³/mol. The number of benzene rings is 1. The Morgan fingerprint density at radius 1 is 1.40 bits per heavy atom. The van der Waals surface area contributed by atoms with Crippen LogP contribution in [0.1, 0.15) is 31.7 Å². The van der Waals surface area contributed by atoms with Gasteiger partial charge < -0.3 is 9.64 Å². The second-order valence-corrected chi connectivity index (χ2v) is 8.03. The highest BCUT2D eigenvalue weighted by molar-refractivity contribution is 7.89. The molecule has 1 saturated carbocycles. The molecule has 2 rings (SSSR count). The Hall–Kier alpha value is -1.86. The van der Waals surface area contributed by atoms with Gasteiger partial charge in [-0.25, -0.2) is 13.1 Å². The largest absolute Gasteiger partial charge is 0.495 e. The van der Waals surface area contributed by atoms with Crippen molar-refractivity contribution < 1.29 is 17.9 Å². The van der Waals surface area contributed by atoms with Gasteiger partial charge in [0.25, 0.3) is 0 Å². The fraction of sp³-hybridized carbons (Fsp3) is 0.500. The van der Waals surface area contributed by atoms with Gasteiger partial charge in [0.05, 0.1) is 7.11 Å². The van der Waals surface area contributed by atoms with Gasteiger partial charge in [-0.15, -0.1) is 0 Å². The molecule has 1 aliphatic rings. The highest BCUT2D eigenvalue weighted by Crippen LogP contribution is 2.30. The number of nitrogens with zero attached hydrogens (tertiary/aromatic N) is 1. The van der Waals surface area contributed by atoms with Crippen LogP contribution in [0.25, 0.3) is 6.08 Å². The molecule has 0 saturated heterocycles. The molecule has 0 aromatic heterocycles. The average molecular weight is 366 g/mol. The van der Waals surface area contributed by atoms with Crippen LogP contribution in [0.2, 0.25) is 0 Å². The zero-order valence-electron chi connectivity index (χ0n) is 15.0. The molecule has 0 unspecified atom stereocenters. The topological polar surface area (TPSA) is 75.7 Å². The van der Waals surface area contributed by atoms with Gasteiger partial charge in [0.2, 0.25) is 15.9 Å². The molecule has 1 aliphatic carbocycles. The Morgan fingerprint density at radius 2 is 2.12 bits per heavy atom. The number of carbonyl (C=O) groups excluding carboxylic acids is 1. The Morgan fingerprint density at radius 3 is 2.68 bits per heavy atom. The first-order valence-electron chi connectivity index (χ1n) is 8.49. The van der Waals surface area contributed by atoms with Crippen molar-refractivity contribution in [3.8, 4) is 5.75 Å². The quantitative estimate of drug-likeness (QED) is 0.680. The van der Waals surface area contributed by atoms with Crippen LogP contribution in [-0.2, 0) is 14.8 Å². The maximum absolute atomic E-state index is 12.4. The van der Waals surface area contributed by atoms with E-state index in [9.17, 15) is 13.2 Å². The van der Waals surface area contributed by atoms with E-state index < -0.39 is 10.0 Å². The number of methoxy groups -OCH3 is 1. The van der Waals surface area contributed by atoms with E-state index in [-0.39, 0.29) is 16.6 Å². The third-order valence-electron chi connectivity index (χ3n) is 4.14. The first-order valence-corrected chi connectivity index (χ1v) is 9.98. The summed E-state index contributed by atoms with van der Waals surface area (Å²) in [4.78, 5) is 14.3. The molecule has 1 N–H and O–H groups in total. The maximum Gasteiger partial charge on any atom is 0.246 e. The average Bonchev–Trinajstić information content (AvgIpc) is 3.43. The molecule has 7 heteroatoms. The Bertz CT molecular complexity index is 739. The molecule has 0 bridgehead atoms. The number of hydrogen-bond donors (Lipinski definition) is 1. The first-order chi connectivity index (χ1) is 11.9. The summed E-state index contributed by atoms with van der Waals surface area (Å²) in [6.45, 7) is 3.59. The van der Waals surface area contributed by atoms with E-state index >= 15 is 0 Å². The number of hydrogen-bond acceptors (Lipinski definition) is 4. The zero-order valence-corrected chi connectivity index (χ0v) is 15.8. The van der Waals surface area contributed by atoms with Crippen LogP contribution in [0, 0.1) is 5.92 Å². The second kappa shape index (κ2) is 8.49. The van der Waals surface area contributed by atoms with Crippen LogP contribution in [-0.4, -0.2) is 46.5 Å². The minimum atomic E-state index is -3.64. The van der Waals surface area contributed by atoms with Crippen LogP contribution >= 0.6 is 0 Å². The summed E-state index contributed by atoms with van der Waals surface area (Å²) in [6.07, 6.45) is 6.46. The molecule has 1 aromatic carbocycles.